The molecule has 0 aromatic carbocycles. The molecule has 0 saturated carbocycles. The Kier molecular flexibility index (Phi) is 6.26. The molecule has 4 amide bonds. The monoisotopic (exact) mass is 411 g/mol. The number of nitrogens with zero attached hydrogens (tertiary/aromatic N) is 4. The first-order chi connectivity index (χ1) is 13.2. The molecule has 3 rings (SSSR count). The van der Waals surface area contributed by atoms with Gasteiger partial charge in [-0.25, -0.2) is 9.59 Å². The minimum Gasteiger partial charge on any atom is -0.359 e. The van der Waals surface area contributed by atoms with Crippen LogP contribution in [0, 0.1) is 0 Å². The number of anilines is 1. The van der Waals surface area contributed by atoms with Gasteiger partial charge >= 0.3 is 12.1 Å². The Morgan fingerprint density at radius 3 is 2.29 bits per heavy atom. The molecule has 1 aromatic heterocycles. The summed E-state index contributed by atoms with van der Waals surface area (Å²) in [5.74, 6) is 2.19. The van der Waals surface area contributed by atoms with Crippen molar-refractivity contribution < 1.29 is 18.3 Å². The van der Waals surface area contributed by atoms with Crippen LogP contribution in [0.4, 0.5) is 15.4 Å². The molecule has 2 aliphatic rings. The highest BCUT2D eigenvalue weighted by Gasteiger charge is 2.28. The van der Waals surface area contributed by atoms with Crippen molar-refractivity contribution in [2.24, 2.45) is 0 Å². The molecule has 10 heteroatoms. The maximum Gasteiger partial charge on any atom is 0.323 e. The SMILES string of the molecule is CC(C)(C)c1cc(NC(=O)N2CCCN(C(=O)N3CCS(=O)CC3)CC2)no1. The third-order valence-corrected chi connectivity index (χ3v) is 6.26. The Bertz CT molecular complexity index is 735. The smallest absolute Gasteiger partial charge is 0.323 e. The molecule has 0 unspecified atom stereocenters. The third kappa shape index (κ3) is 5.03. The maximum atomic E-state index is 12.7. The number of carbonyl (C=O) groups excluding carboxylic acids is 2. The molecular weight excluding hydrogens is 382 g/mol. The molecule has 0 bridgehead atoms. The van der Waals surface area contributed by atoms with Crippen molar-refractivity contribution in [2.45, 2.75) is 32.6 Å². The minimum atomic E-state index is -0.808. The second-order valence-electron chi connectivity index (χ2n) is 8.20. The molecular formula is C18H29N5O4S. The van der Waals surface area contributed by atoms with Crippen LogP contribution in [0.15, 0.2) is 10.6 Å². The van der Waals surface area contributed by atoms with Crippen LogP contribution in [0.1, 0.15) is 33.0 Å². The van der Waals surface area contributed by atoms with E-state index >= 15 is 0 Å². The fraction of sp³-hybridized carbons (Fsp3) is 0.722. The van der Waals surface area contributed by atoms with Crippen LogP contribution >= 0.6 is 0 Å². The highest BCUT2D eigenvalue weighted by Crippen LogP contribution is 2.24. The van der Waals surface area contributed by atoms with Crippen LogP contribution in [0.3, 0.4) is 0 Å². The van der Waals surface area contributed by atoms with Crippen LogP contribution in [-0.4, -0.2) is 86.9 Å². The van der Waals surface area contributed by atoms with E-state index in [-0.39, 0.29) is 17.5 Å². The Labute approximate surface area is 167 Å². The van der Waals surface area contributed by atoms with E-state index in [9.17, 15) is 13.8 Å². The van der Waals surface area contributed by atoms with Crippen LogP contribution in [0.2, 0.25) is 0 Å². The number of amides is 4. The average Bonchev–Trinajstić information content (AvgIpc) is 2.98. The predicted octanol–water partition coefficient (Wildman–Crippen LogP) is 1.70. The Balaban J connectivity index is 1.53. The Morgan fingerprint density at radius 2 is 1.64 bits per heavy atom. The summed E-state index contributed by atoms with van der Waals surface area (Å²) in [5, 5.41) is 6.70. The molecule has 0 spiro atoms. The summed E-state index contributed by atoms with van der Waals surface area (Å²) in [4.78, 5) is 30.5. The van der Waals surface area contributed by atoms with E-state index in [1.807, 2.05) is 20.8 Å². The summed E-state index contributed by atoms with van der Waals surface area (Å²) in [6, 6.07) is 1.48. The van der Waals surface area contributed by atoms with Gasteiger partial charge in [0.1, 0.15) is 5.76 Å². The van der Waals surface area contributed by atoms with Gasteiger partial charge in [0, 0.05) is 73.1 Å². The van der Waals surface area contributed by atoms with Gasteiger partial charge in [-0.2, -0.15) is 0 Å². The topological polar surface area (TPSA) is 99.0 Å². The van der Waals surface area contributed by atoms with E-state index in [1.165, 1.54) is 0 Å². The van der Waals surface area contributed by atoms with Gasteiger partial charge in [-0.3, -0.25) is 9.53 Å². The molecule has 1 N–H and O–H groups in total. The molecule has 3 heterocycles. The van der Waals surface area contributed by atoms with Crippen LogP contribution < -0.4 is 5.32 Å². The molecule has 2 fully saturated rings. The molecule has 2 aliphatic heterocycles. The summed E-state index contributed by atoms with van der Waals surface area (Å²) in [5.41, 5.74) is -0.180. The van der Waals surface area contributed by atoms with Crippen molar-refractivity contribution >= 4 is 28.7 Å². The van der Waals surface area contributed by atoms with Gasteiger partial charge in [-0.1, -0.05) is 25.9 Å². The predicted molar refractivity (Wildman–Crippen MR) is 107 cm³/mol. The number of rotatable bonds is 1. The van der Waals surface area contributed by atoms with Crippen molar-refractivity contribution in [3.05, 3.63) is 11.8 Å². The average molecular weight is 412 g/mol. The van der Waals surface area contributed by atoms with Crippen molar-refractivity contribution in [1.29, 1.82) is 0 Å². The van der Waals surface area contributed by atoms with E-state index in [2.05, 4.69) is 10.5 Å². The number of hydrogen-bond acceptors (Lipinski definition) is 5. The van der Waals surface area contributed by atoms with Crippen molar-refractivity contribution in [1.82, 2.24) is 19.9 Å². The fourth-order valence-corrected chi connectivity index (χ4v) is 4.27. The van der Waals surface area contributed by atoms with E-state index in [0.717, 1.165) is 0 Å². The van der Waals surface area contributed by atoms with Gasteiger partial charge in [0.05, 0.1) is 0 Å². The lowest BCUT2D eigenvalue weighted by Crippen LogP contribution is -2.49. The van der Waals surface area contributed by atoms with Crippen LogP contribution in [0.25, 0.3) is 0 Å². The standard InChI is InChI=1S/C18H29N5O4S/c1-18(2,3)14-13-15(20-27-14)19-16(24)21-5-4-6-22(8-7-21)17(25)23-9-11-28(26)12-10-23/h13H,4-12H2,1-3H3,(H,19,20,24). The second-order valence-corrected chi connectivity index (χ2v) is 9.90. The zero-order valence-electron chi connectivity index (χ0n) is 16.8. The van der Waals surface area contributed by atoms with E-state index < -0.39 is 10.8 Å². The minimum absolute atomic E-state index is 0.0229. The Morgan fingerprint density at radius 1 is 1.04 bits per heavy atom. The zero-order valence-corrected chi connectivity index (χ0v) is 17.6. The van der Waals surface area contributed by atoms with Crippen LogP contribution in [-0.2, 0) is 16.2 Å². The lowest BCUT2D eigenvalue weighted by molar-refractivity contribution is 0.158. The van der Waals surface area contributed by atoms with E-state index in [4.69, 9.17) is 4.52 Å². The van der Waals surface area contributed by atoms with Gasteiger partial charge in [-0.15, -0.1) is 0 Å². The number of hydrogen-bond donors (Lipinski definition) is 1. The molecule has 2 saturated heterocycles. The highest BCUT2D eigenvalue weighted by molar-refractivity contribution is 7.85. The van der Waals surface area contributed by atoms with Crippen molar-refractivity contribution in [3.8, 4) is 0 Å². The summed E-state index contributed by atoms with van der Waals surface area (Å²) in [7, 11) is -0.808. The molecule has 0 radical (unpaired) electrons. The third-order valence-electron chi connectivity index (χ3n) is 4.99. The second kappa shape index (κ2) is 8.50. The largest absolute Gasteiger partial charge is 0.359 e. The molecule has 9 nitrogen and oxygen atoms in total. The lowest BCUT2D eigenvalue weighted by atomic mass is 9.93. The number of aromatic nitrogens is 1. The van der Waals surface area contributed by atoms with Crippen molar-refractivity contribution in [3.63, 3.8) is 0 Å². The lowest BCUT2D eigenvalue weighted by Gasteiger charge is -2.32. The van der Waals surface area contributed by atoms with Crippen LogP contribution in [0.5, 0.6) is 0 Å². The first-order valence-corrected chi connectivity index (χ1v) is 11.1. The highest BCUT2D eigenvalue weighted by atomic mass is 32.2. The quantitative estimate of drug-likeness (QED) is 0.758. The zero-order chi connectivity index (χ0) is 20.3. The molecule has 0 atom stereocenters. The number of urea groups is 2. The fourth-order valence-electron chi connectivity index (χ4n) is 3.22. The van der Waals surface area contributed by atoms with E-state index in [1.54, 1.807) is 20.8 Å². The maximum absolute atomic E-state index is 12.7. The first kappa shape index (κ1) is 20.6. The summed E-state index contributed by atoms with van der Waals surface area (Å²) < 4.78 is 16.8. The molecule has 1 aromatic rings. The number of carbonyl (C=O) groups is 2. The molecule has 28 heavy (non-hydrogen) atoms. The summed E-state index contributed by atoms with van der Waals surface area (Å²) >= 11 is 0. The van der Waals surface area contributed by atoms with Gasteiger partial charge < -0.3 is 19.2 Å². The van der Waals surface area contributed by atoms with Gasteiger partial charge in [0.2, 0.25) is 0 Å². The Hall–Kier alpha value is -2.10. The van der Waals surface area contributed by atoms with E-state index in [0.29, 0.717) is 68.8 Å². The van der Waals surface area contributed by atoms with Crippen molar-refractivity contribution in [2.75, 3.05) is 56.1 Å². The van der Waals surface area contributed by atoms with Gasteiger partial charge in [-0.05, 0) is 6.42 Å². The van der Waals surface area contributed by atoms with Gasteiger partial charge in [0.15, 0.2) is 5.82 Å². The molecule has 156 valence electrons. The van der Waals surface area contributed by atoms with Gasteiger partial charge in [0.25, 0.3) is 0 Å². The summed E-state index contributed by atoms with van der Waals surface area (Å²) in [6.45, 7) is 9.24. The first-order valence-electron chi connectivity index (χ1n) is 9.66. The molecule has 0 aliphatic carbocycles. The number of nitrogens with one attached hydrogen (secondary N) is 1. The normalized spacial score (nSPS) is 19.5. The summed E-state index contributed by atoms with van der Waals surface area (Å²) in [6.07, 6.45) is 0.713.